The van der Waals surface area contributed by atoms with Crippen molar-refractivity contribution in [1.82, 2.24) is 4.98 Å². The van der Waals surface area contributed by atoms with E-state index in [1.165, 1.54) is 0 Å². The minimum atomic E-state index is -0.873. The van der Waals surface area contributed by atoms with Crippen molar-refractivity contribution in [3.05, 3.63) is 48.5 Å². The van der Waals surface area contributed by atoms with Crippen LogP contribution < -0.4 is 5.32 Å². The van der Waals surface area contributed by atoms with E-state index in [2.05, 4.69) is 16.4 Å². The van der Waals surface area contributed by atoms with Crippen LogP contribution in [0.5, 0.6) is 0 Å². The number of hydrogen-bond donors (Lipinski definition) is 2. The highest BCUT2D eigenvalue weighted by molar-refractivity contribution is 5.94. The third-order valence-corrected chi connectivity index (χ3v) is 3.27. The molecule has 1 atom stereocenters. The van der Waals surface area contributed by atoms with Gasteiger partial charge in [-0.2, -0.15) is 0 Å². The Hall–Kier alpha value is -2.62. The molecule has 20 heavy (non-hydrogen) atoms. The van der Waals surface area contributed by atoms with Crippen LogP contribution in [-0.2, 0) is 4.79 Å². The fourth-order valence-electron chi connectivity index (χ4n) is 2.18. The van der Waals surface area contributed by atoms with Gasteiger partial charge in [-0.25, -0.2) is 4.98 Å². The van der Waals surface area contributed by atoms with E-state index in [1.807, 2.05) is 42.5 Å². The average molecular weight is 266 g/mol. The van der Waals surface area contributed by atoms with Gasteiger partial charge in [0, 0.05) is 16.5 Å². The first-order valence-corrected chi connectivity index (χ1v) is 6.42. The van der Waals surface area contributed by atoms with Crippen LogP contribution in [0.25, 0.3) is 21.8 Å². The quantitative estimate of drug-likeness (QED) is 0.714. The molecule has 3 aromatic rings. The van der Waals surface area contributed by atoms with Crippen molar-refractivity contribution < 1.29 is 9.90 Å². The zero-order valence-corrected chi connectivity index (χ0v) is 11.0. The molecule has 2 aromatic carbocycles. The van der Waals surface area contributed by atoms with Gasteiger partial charge < -0.3 is 10.4 Å². The second kappa shape index (κ2) is 4.81. The number of nitrogens with one attached hydrogen (secondary N) is 1. The van der Waals surface area contributed by atoms with Crippen LogP contribution in [0, 0.1) is 0 Å². The molecule has 0 aliphatic carbocycles. The van der Waals surface area contributed by atoms with E-state index >= 15 is 0 Å². The summed E-state index contributed by atoms with van der Waals surface area (Å²) in [5.74, 6) is -0.873. The number of aromatic nitrogens is 1. The number of pyridine rings is 1. The van der Waals surface area contributed by atoms with Gasteiger partial charge in [-0.1, -0.05) is 18.2 Å². The lowest BCUT2D eigenvalue weighted by Gasteiger charge is -2.11. The predicted octanol–water partition coefficient (Wildman–Crippen LogP) is 3.27. The first-order valence-electron chi connectivity index (χ1n) is 6.42. The molecule has 3 rings (SSSR count). The molecular formula is C16H14N2O2. The van der Waals surface area contributed by atoms with Gasteiger partial charge in [0.25, 0.3) is 0 Å². The molecule has 0 saturated carbocycles. The van der Waals surface area contributed by atoms with Gasteiger partial charge in [-0.05, 0) is 37.3 Å². The number of carboxylic acid groups (broad SMARTS) is 1. The highest BCUT2D eigenvalue weighted by Gasteiger charge is 2.10. The molecule has 0 spiro atoms. The molecule has 4 nitrogen and oxygen atoms in total. The Bertz CT molecular complexity index is 799. The molecule has 0 radical (unpaired) electrons. The lowest BCUT2D eigenvalue weighted by molar-refractivity contribution is -0.137. The number of carbonyl (C=O) groups is 1. The van der Waals surface area contributed by atoms with E-state index in [4.69, 9.17) is 5.11 Å². The summed E-state index contributed by atoms with van der Waals surface area (Å²) < 4.78 is 0. The van der Waals surface area contributed by atoms with Gasteiger partial charge in [0.2, 0.25) is 0 Å². The van der Waals surface area contributed by atoms with Crippen molar-refractivity contribution in [2.75, 3.05) is 5.32 Å². The van der Waals surface area contributed by atoms with E-state index in [1.54, 1.807) is 6.92 Å². The number of hydrogen-bond acceptors (Lipinski definition) is 3. The van der Waals surface area contributed by atoms with Crippen molar-refractivity contribution in [1.29, 1.82) is 0 Å². The molecule has 0 amide bonds. The van der Waals surface area contributed by atoms with Gasteiger partial charge in [-0.3, -0.25) is 4.79 Å². The summed E-state index contributed by atoms with van der Waals surface area (Å²) in [5, 5.41) is 13.9. The Morgan fingerprint density at radius 1 is 1.10 bits per heavy atom. The topological polar surface area (TPSA) is 62.2 Å². The summed E-state index contributed by atoms with van der Waals surface area (Å²) in [4.78, 5) is 15.5. The van der Waals surface area contributed by atoms with Crippen LogP contribution in [0.3, 0.4) is 0 Å². The molecule has 0 saturated heterocycles. The Balaban J connectivity index is 2.06. The third-order valence-electron chi connectivity index (χ3n) is 3.27. The first kappa shape index (κ1) is 12.4. The minimum absolute atomic E-state index is 0.624. The standard InChI is InChI=1S/C16H14N2O2/c1-10(16(19)20)17-13-6-7-15-12(9-13)8-11-4-2-3-5-14(11)18-15/h2-10,17H,1H3,(H,19,20)/t10-/m0/s1. The van der Waals surface area contributed by atoms with Crippen molar-refractivity contribution in [3.63, 3.8) is 0 Å². The molecule has 0 unspecified atom stereocenters. The molecule has 1 heterocycles. The van der Waals surface area contributed by atoms with E-state index in [9.17, 15) is 4.79 Å². The van der Waals surface area contributed by atoms with Crippen molar-refractivity contribution in [2.24, 2.45) is 0 Å². The molecule has 0 bridgehead atoms. The van der Waals surface area contributed by atoms with Crippen LogP contribution in [0.4, 0.5) is 5.69 Å². The fraction of sp³-hybridized carbons (Fsp3) is 0.125. The van der Waals surface area contributed by atoms with E-state index in [0.717, 1.165) is 27.5 Å². The molecule has 100 valence electrons. The molecule has 0 fully saturated rings. The van der Waals surface area contributed by atoms with Crippen molar-refractivity contribution >= 4 is 33.5 Å². The normalized spacial score (nSPS) is 12.4. The maximum atomic E-state index is 10.9. The Kier molecular flexibility index (Phi) is 2.99. The van der Waals surface area contributed by atoms with Crippen LogP contribution in [0.2, 0.25) is 0 Å². The summed E-state index contributed by atoms with van der Waals surface area (Å²) in [6, 6.07) is 15.1. The maximum Gasteiger partial charge on any atom is 0.325 e. The van der Waals surface area contributed by atoms with Crippen LogP contribution >= 0.6 is 0 Å². The van der Waals surface area contributed by atoms with Gasteiger partial charge in [0.15, 0.2) is 0 Å². The Morgan fingerprint density at radius 2 is 1.85 bits per heavy atom. The number of aliphatic carboxylic acids is 1. The van der Waals surface area contributed by atoms with E-state index < -0.39 is 12.0 Å². The SMILES string of the molecule is C[C@H](Nc1ccc2nc3ccccc3cc2c1)C(=O)O. The van der Waals surface area contributed by atoms with Crippen molar-refractivity contribution in [3.8, 4) is 0 Å². The molecule has 2 N–H and O–H groups in total. The number of benzene rings is 2. The lowest BCUT2D eigenvalue weighted by atomic mass is 10.1. The molecule has 4 heteroatoms. The Morgan fingerprint density at radius 3 is 2.65 bits per heavy atom. The zero-order chi connectivity index (χ0) is 14.1. The number of rotatable bonds is 3. The number of fused-ring (bicyclic) bond motifs is 2. The van der Waals surface area contributed by atoms with Crippen LogP contribution in [0.1, 0.15) is 6.92 Å². The first-order chi connectivity index (χ1) is 9.63. The monoisotopic (exact) mass is 266 g/mol. The summed E-state index contributed by atoms with van der Waals surface area (Å²) >= 11 is 0. The van der Waals surface area contributed by atoms with Gasteiger partial charge in [0.1, 0.15) is 6.04 Å². The summed E-state index contributed by atoms with van der Waals surface area (Å²) in [6.07, 6.45) is 0. The zero-order valence-electron chi connectivity index (χ0n) is 11.0. The summed E-state index contributed by atoms with van der Waals surface area (Å²) in [6.45, 7) is 1.62. The van der Waals surface area contributed by atoms with E-state index in [-0.39, 0.29) is 0 Å². The Labute approximate surface area is 116 Å². The van der Waals surface area contributed by atoms with Gasteiger partial charge >= 0.3 is 5.97 Å². The minimum Gasteiger partial charge on any atom is -0.480 e. The second-order valence-corrected chi connectivity index (χ2v) is 4.79. The van der Waals surface area contributed by atoms with Gasteiger partial charge in [-0.15, -0.1) is 0 Å². The second-order valence-electron chi connectivity index (χ2n) is 4.79. The van der Waals surface area contributed by atoms with E-state index in [0.29, 0.717) is 0 Å². The van der Waals surface area contributed by atoms with Gasteiger partial charge in [0.05, 0.1) is 11.0 Å². The lowest BCUT2D eigenvalue weighted by Crippen LogP contribution is -2.25. The smallest absolute Gasteiger partial charge is 0.325 e. The largest absolute Gasteiger partial charge is 0.480 e. The average Bonchev–Trinajstić information content (AvgIpc) is 2.45. The molecule has 0 aliphatic rings. The summed E-state index contributed by atoms with van der Waals surface area (Å²) in [7, 11) is 0. The number of para-hydroxylation sites is 1. The third kappa shape index (κ3) is 2.28. The van der Waals surface area contributed by atoms with Crippen LogP contribution in [0.15, 0.2) is 48.5 Å². The molecule has 1 aromatic heterocycles. The van der Waals surface area contributed by atoms with Crippen LogP contribution in [-0.4, -0.2) is 22.1 Å². The molecular weight excluding hydrogens is 252 g/mol. The predicted molar refractivity (Wildman–Crippen MR) is 80.0 cm³/mol. The fourth-order valence-corrected chi connectivity index (χ4v) is 2.18. The number of carboxylic acids is 1. The number of anilines is 1. The maximum absolute atomic E-state index is 10.9. The highest BCUT2D eigenvalue weighted by Crippen LogP contribution is 2.22. The van der Waals surface area contributed by atoms with Crippen molar-refractivity contribution in [2.45, 2.75) is 13.0 Å². The summed E-state index contributed by atoms with van der Waals surface area (Å²) in [5.41, 5.74) is 2.64. The molecule has 0 aliphatic heterocycles. The highest BCUT2D eigenvalue weighted by atomic mass is 16.4. The number of nitrogens with zero attached hydrogens (tertiary/aromatic N) is 1.